The van der Waals surface area contributed by atoms with Gasteiger partial charge in [0.25, 0.3) is 0 Å². The fraction of sp³-hybridized carbons (Fsp3) is 0.143. The Morgan fingerprint density at radius 1 is 0.788 bits per heavy atom. The van der Waals surface area contributed by atoms with Crippen LogP contribution in [-0.2, 0) is 4.79 Å². The Bertz CT molecular complexity index is 1320. The van der Waals surface area contributed by atoms with E-state index in [0.717, 1.165) is 21.9 Å². The number of ketones is 1. The first-order chi connectivity index (χ1) is 15.8. The fourth-order valence-electron chi connectivity index (χ4n) is 3.62. The van der Waals surface area contributed by atoms with Gasteiger partial charge in [0.2, 0.25) is 0 Å². The van der Waals surface area contributed by atoms with E-state index in [1.807, 2.05) is 54.6 Å². The summed E-state index contributed by atoms with van der Waals surface area (Å²) in [4.78, 5) is 24.3. The molecule has 5 heteroatoms. The van der Waals surface area contributed by atoms with Crippen molar-refractivity contribution in [1.82, 2.24) is 0 Å². The molecule has 0 radical (unpaired) electrons. The van der Waals surface area contributed by atoms with E-state index in [2.05, 4.69) is 0 Å². The normalized spacial score (nSPS) is 11.2. The lowest BCUT2D eigenvalue weighted by Crippen LogP contribution is -2.37. The Morgan fingerprint density at radius 3 is 2.00 bits per heavy atom. The molecule has 0 unspecified atom stereocenters. The van der Waals surface area contributed by atoms with Crippen molar-refractivity contribution in [1.29, 1.82) is 0 Å². The lowest BCUT2D eigenvalue weighted by molar-refractivity contribution is -0.152. The van der Waals surface area contributed by atoms with Crippen molar-refractivity contribution in [3.63, 3.8) is 0 Å². The molecular formula is C28H24O5. The number of carbonyl (C=O) groups excluding carboxylic acids is 1. The minimum Gasteiger partial charge on any atom is -0.497 e. The number of ether oxygens (including phenoxy) is 2. The zero-order chi connectivity index (χ0) is 23.6. The number of carboxylic acids is 1. The van der Waals surface area contributed by atoms with E-state index in [0.29, 0.717) is 22.6 Å². The predicted molar refractivity (Wildman–Crippen MR) is 128 cm³/mol. The first-order valence-corrected chi connectivity index (χ1v) is 10.5. The highest BCUT2D eigenvalue weighted by Gasteiger charge is 2.29. The van der Waals surface area contributed by atoms with Crippen LogP contribution in [0.4, 0.5) is 0 Å². The van der Waals surface area contributed by atoms with Gasteiger partial charge in [0.15, 0.2) is 11.4 Å². The molecule has 0 atom stereocenters. The summed E-state index contributed by atoms with van der Waals surface area (Å²) in [6.07, 6.45) is 0. The average molecular weight is 440 g/mol. The molecule has 0 aromatic heterocycles. The number of methoxy groups -OCH3 is 1. The maximum absolute atomic E-state index is 12.8. The van der Waals surface area contributed by atoms with Gasteiger partial charge < -0.3 is 14.6 Å². The molecule has 1 N–H and O–H groups in total. The molecule has 166 valence electrons. The molecule has 4 rings (SSSR count). The zero-order valence-electron chi connectivity index (χ0n) is 18.7. The van der Waals surface area contributed by atoms with Crippen LogP contribution in [0.3, 0.4) is 0 Å². The lowest BCUT2D eigenvalue weighted by atomic mass is 9.95. The van der Waals surface area contributed by atoms with Gasteiger partial charge in [-0.15, -0.1) is 0 Å². The monoisotopic (exact) mass is 440 g/mol. The number of rotatable bonds is 7. The Balaban J connectivity index is 1.66. The van der Waals surface area contributed by atoms with Crippen molar-refractivity contribution in [3.05, 3.63) is 96.1 Å². The summed E-state index contributed by atoms with van der Waals surface area (Å²) in [5, 5.41) is 11.3. The summed E-state index contributed by atoms with van der Waals surface area (Å²) in [7, 11) is 1.59. The van der Waals surface area contributed by atoms with Crippen LogP contribution in [0.15, 0.2) is 84.9 Å². The van der Waals surface area contributed by atoms with Crippen molar-refractivity contribution in [2.75, 3.05) is 7.11 Å². The smallest absolute Gasteiger partial charge is 0.347 e. The second-order valence-electron chi connectivity index (χ2n) is 8.24. The first-order valence-electron chi connectivity index (χ1n) is 10.5. The zero-order valence-corrected chi connectivity index (χ0v) is 18.7. The van der Waals surface area contributed by atoms with Gasteiger partial charge in [0.05, 0.1) is 7.11 Å². The van der Waals surface area contributed by atoms with E-state index in [-0.39, 0.29) is 5.78 Å². The van der Waals surface area contributed by atoms with E-state index in [9.17, 15) is 14.7 Å². The van der Waals surface area contributed by atoms with Gasteiger partial charge in [0, 0.05) is 11.1 Å². The van der Waals surface area contributed by atoms with Crippen molar-refractivity contribution in [2.24, 2.45) is 0 Å². The number of hydrogen-bond acceptors (Lipinski definition) is 4. The maximum Gasteiger partial charge on any atom is 0.347 e. The average Bonchev–Trinajstić information content (AvgIpc) is 2.83. The van der Waals surface area contributed by atoms with Crippen LogP contribution in [0.25, 0.3) is 21.9 Å². The Morgan fingerprint density at radius 2 is 1.39 bits per heavy atom. The molecule has 0 aliphatic carbocycles. The SMILES string of the molecule is COc1ccc(C(=O)c2ccc(-c3cccc4ccc(OC(C)(C)C(=O)O)cc34)cc2)cc1. The molecule has 0 saturated heterocycles. The van der Waals surface area contributed by atoms with Crippen LogP contribution in [0, 0.1) is 0 Å². The van der Waals surface area contributed by atoms with E-state index in [1.54, 1.807) is 37.4 Å². The molecule has 0 heterocycles. The largest absolute Gasteiger partial charge is 0.497 e. The molecule has 33 heavy (non-hydrogen) atoms. The van der Waals surface area contributed by atoms with Crippen molar-refractivity contribution >= 4 is 22.5 Å². The molecule has 0 saturated carbocycles. The highest BCUT2D eigenvalue weighted by atomic mass is 16.5. The second kappa shape index (κ2) is 8.79. The number of fused-ring (bicyclic) bond motifs is 1. The van der Waals surface area contributed by atoms with Crippen LogP contribution >= 0.6 is 0 Å². The fourth-order valence-corrected chi connectivity index (χ4v) is 3.62. The van der Waals surface area contributed by atoms with Gasteiger partial charge in [-0.1, -0.05) is 48.5 Å². The molecule has 0 spiro atoms. The molecule has 5 nitrogen and oxygen atoms in total. The third-order valence-electron chi connectivity index (χ3n) is 5.55. The molecule has 0 bridgehead atoms. The van der Waals surface area contributed by atoms with Crippen molar-refractivity contribution < 1.29 is 24.2 Å². The summed E-state index contributed by atoms with van der Waals surface area (Å²) < 4.78 is 10.9. The van der Waals surface area contributed by atoms with Crippen LogP contribution < -0.4 is 9.47 Å². The number of benzene rings is 4. The number of carbonyl (C=O) groups is 2. The predicted octanol–water partition coefficient (Wildman–Crippen LogP) is 5.99. The third-order valence-corrected chi connectivity index (χ3v) is 5.55. The van der Waals surface area contributed by atoms with Gasteiger partial charge in [0.1, 0.15) is 11.5 Å². The molecule has 0 aliphatic heterocycles. The molecule has 0 aliphatic rings. The first kappa shape index (κ1) is 22.1. The van der Waals surface area contributed by atoms with E-state index in [4.69, 9.17) is 9.47 Å². The Kier molecular flexibility index (Phi) is 5.88. The molecule has 0 fully saturated rings. The Hall–Kier alpha value is -4.12. The van der Waals surface area contributed by atoms with Crippen molar-refractivity contribution in [2.45, 2.75) is 19.4 Å². The maximum atomic E-state index is 12.8. The molecule has 4 aromatic rings. The van der Waals surface area contributed by atoms with E-state index >= 15 is 0 Å². The van der Waals surface area contributed by atoms with Crippen molar-refractivity contribution in [3.8, 4) is 22.6 Å². The molecule has 0 amide bonds. The van der Waals surface area contributed by atoms with E-state index in [1.165, 1.54) is 13.8 Å². The highest BCUT2D eigenvalue weighted by Crippen LogP contribution is 2.33. The summed E-state index contributed by atoms with van der Waals surface area (Å²) in [6.45, 7) is 3.04. The summed E-state index contributed by atoms with van der Waals surface area (Å²) in [5.41, 5.74) is 1.76. The highest BCUT2D eigenvalue weighted by molar-refractivity contribution is 6.09. The van der Waals surface area contributed by atoms with Crippen LogP contribution in [0.5, 0.6) is 11.5 Å². The second-order valence-corrected chi connectivity index (χ2v) is 8.24. The lowest BCUT2D eigenvalue weighted by Gasteiger charge is -2.22. The number of hydrogen-bond donors (Lipinski definition) is 1. The number of carboxylic acid groups (broad SMARTS) is 1. The van der Waals surface area contributed by atoms with E-state index < -0.39 is 11.6 Å². The standard InChI is InChI=1S/C28H24O5/c1-28(2,27(30)31)33-23-16-11-18-5-4-6-24(25(18)17-23)19-7-9-20(10-8-19)26(29)21-12-14-22(32-3)15-13-21/h4-17H,1-3H3,(H,30,31). The third kappa shape index (κ3) is 4.58. The van der Waals surface area contributed by atoms with Gasteiger partial charge in [-0.05, 0) is 72.1 Å². The van der Waals surface area contributed by atoms with Gasteiger partial charge in [-0.25, -0.2) is 4.79 Å². The minimum atomic E-state index is -1.34. The van der Waals surface area contributed by atoms with Crippen LogP contribution in [0.2, 0.25) is 0 Å². The minimum absolute atomic E-state index is 0.0614. The van der Waals surface area contributed by atoms with Crippen LogP contribution in [-0.4, -0.2) is 29.6 Å². The summed E-state index contributed by atoms with van der Waals surface area (Å²) >= 11 is 0. The molecular weight excluding hydrogens is 416 g/mol. The molecule has 4 aromatic carbocycles. The Labute approximate surface area is 192 Å². The summed E-state index contributed by atoms with van der Waals surface area (Å²) in [6, 6.07) is 26.0. The van der Waals surface area contributed by atoms with Gasteiger partial charge in [-0.2, -0.15) is 0 Å². The summed E-state index contributed by atoms with van der Waals surface area (Å²) in [5.74, 6) is 0.0864. The van der Waals surface area contributed by atoms with Gasteiger partial charge >= 0.3 is 5.97 Å². The van der Waals surface area contributed by atoms with Crippen LogP contribution in [0.1, 0.15) is 29.8 Å². The number of aliphatic carboxylic acids is 1. The quantitative estimate of drug-likeness (QED) is 0.358. The topological polar surface area (TPSA) is 72.8 Å². The van der Waals surface area contributed by atoms with Gasteiger partial charge in [-0.3, -0.25) is 4.79 Å².